The van der Waals surface area contributed by atoms with Crippen LogP contribution in [-0.4, -0.2) is 0 Å². The molecule has 2 aromatic rings. The van der Waals surface area contributed by atoms with Crippen LogP contribution >= 0.6 is 0 Å². The molecule has 0 fully saturated rings. The van der Waals surface area contributed by atoms with Crippen molar-refractivity contribution < 1.29 is 4.74 Å². The van der Waals surface area contributed by atoms with E-state index in [4.69, 9.17) is 15.7 Å². The molecule has 2 rings (SSSR count). The number of nitrogens with two attached hydrogens (primary N) is 1. The van der Waals surface area contributed by atoms with E-state index in [-0.39, 0.29) is 0 Å². The molecule has 0 aliphatic heterocycles. The summed E-state index contributed by atoms with van der Waals surface area (Å²) in [6.45, 7) is 2.39. The highest BCUT2D eigenvalue weighted by atomic mass is 16.5. The Kier molecular flexibility index (Phi) is 3.49. The molecule has 90 valence electrons. The standard InChI is InChI=1S/C15H14N2O/c1-11-5-6-14(17)15(7-11)18-10-13-4-2-3-12(8-13)9-16/h2-8H,10,17H2,1H3. The predicted octanol–water partition coefficient (Wildman–Crippen LogP) is 3.03. The van der Waals surface area contributed by atoms with Crippen LogP contribution in [-0.2, 0) is 6.61 Å². The van der Waals surface area contributed by atoms with E-state index in [1.165, 1.54) is 0 Å². The first kappa shape index (κ1) is 12.0. The highest BCUT2D eigenvalue weighted by Crippen LogP contribution is 2.23. The lowest BCUT2D eigenvalue weighted by atomic mass is 10.1. The van der Waals surface area contributed by atoms with E-state index in [0.717, 1.165) is 11.1 Å². The fraction of sp³-hybridized carbons (Fsp3) is 0.133. The summed E-state index contributed by atoms with van der Waals surface area (Å²) >= 11 is 0. The first-order valence-corrected chi connectivity index (χ1v) is 5.67. The van der Waals surface area contributed by atoms with Crippen molar-refractivity contribution in [2.45, 2.75) is 13.5 Å². The molecular weight excluding hydrogens is 224 g/mol. The first-order chi connectivity index (χ1) is 8.69. The third kappa shape index (κ3) is 2.80. The molecule has 3 nitrogen and oxygen atoms in total. The Morgan fingerprint density at radius 1 is 1.22 bits per heavy atom. The Morgan fingerprint density at radius 3 is 2.83 bits per heavy atom. The quantitative estimate of drug-likeness (QED) is 0.836. The van der Waals surface area contributed by atoms with Gasteiger partial charge in [-0.2, -0.15) is 5.26 Å². The number of nitrogens with zero attached hydrogens (tertiary/aromatic N) is 1. The maximum absolute atomic E-state index is 8.82. The zero-order valence-electron chi connectivity index (χ0n) is 10.2. The van der Waals surface area contributed by atoms with E-state index in [0.29, 0.717) is 23.6 Å². The molecule has 18 heavy (non-hydrogen) atoms. The maximum atomic E-state index is 8.82. The van der Waals surface area contributed by atoms with Crippen molar-refractivity contribution in [3.8, 4) is 11.8 Å². The average molecular weight is 238 g/mol. The number of hydrogen-bond acceptors (Lipinski definition) is 3. The van der Waals surface area contributed by atoms with Gasteiger partial charge in [0.2, 0.25) is 0 Å². The summed E-state index contributed by atoms with van der Waals surface area (Å²) in [5, 5.41) is 8.82. The van der Waals surface area contributed by atoms with Crippen molar-refractivity contribution in [2.75, 3.05) is 5.73 Å². The summed E-state index contributed by atoms with van der Waals surface area (Å²) in [5.41, 5.74) is 9.14. The lowest BCUT2D eigenvalue weighted by Gasteiger charge is -2.09. The van der Waals surface area contributed by atoms with E-state index >= 15 is 0 Å². The van der Waals surface area contributed by atoms with Crippen LogP contribution in [0.15, 0.2) is 42.5 Å². The van der Waals surface area contributed by atoms with Gasteiger partial charge < -0.3 is 10.5 Å². The van der Waals surface area contributed by atoms with Gasteiger partial charge in [-0.25, -0.2) is 0 Å². The zero-order valence-corrected chi connectivity index (χ0v) is 10.2. The molecule has 0 saturated heterocycles. The second-order valence-corrected chi connectivity index (χ2v) is 4.14. The van der Waals surface area contributed by atoms with Crippen molar-refractivity contribution in [3.63, 3.8) is 0 Å². The second kappa shape index (κ2) is 5.24. The van der Waals surface area contributed by atoms with Gasteiger partial charge in [-0.1, -0.05) is 18.2 Å². The van der Waals surface area contributed by atoms with E-state index in [1.807, 2.05) is 43.3 Å². The molecule has 2 aromatic carbocycles. The lowest BCUT2D eigenvalue weighted by molar-refractivity contribution is 0.308. The fourth-order valence-electron chi connectivity index (χ4n) is 1.66. The molecule has 0 radical (unpaired) electrons. The highest BCUT2D eigenvalue weighted by molar-refractivity contribution is 5.53. The molecule has 0 unspecified atom stereocenters. The van der Waals surface area contributed by atoms with Crippen LogP contribution in [0, 0.1) is 18.3 Å². The van der Waals surface area contributed by atoms with Gasteiger partial charge in [0, 0.05) is 0 Å². The van der Waals surface area contributed by atoms with Crippen molar-refractivity contribution in [2.24, 2.45) is 0 Å². The minimum absolute atomic E-state index is 0.406. The third-order valence-corrected chi connectivity index (χ3v) is 2.62. The molecule has 0 saturated carbocycles. The first-order valence-electron chi connectivity index (χ1n) is 5.67. The topological polar surface area (TPSA) is 59.0 Å². The Bertz CT molecular complexity index is 600. The molecule has 0 amide bonds. The normalized spacial score (nSPS) is 9.78. The number of nitriles is 1. The van der Waals surface area contributed by atoms with Gasteiger partial charge in [0.15, 0.2) is 0 Å². The lowest BCUT2D eigenvalue weighted by Crippen LogP contribution is -1.99. The molecule has 2 N–H and O–H groups in total. The van der Waals surface area contributed by atoms with E-state index in [2.05, 4.69) is 6.07 Å². The summed E-state index contributed by atoms with van der Waals surface area (Å²) in [6, 6.07) is 15.1. The molecule has 0 aliphatic rings. The Labute approximate surface area is 106 Å². The Hall–Kier alpha value is -2.47. The van der Waals surface area contributed by atoms with E-state index < -0.39 is 0 Å². The van der Waals surface area contributed by atoms with Gasteiger partial charge in [0.1, 0.15) is 12.4 Å². The highest BCUT2D eigenvalue weighted by Gasteiger charge is 2.02. The van der Waals surface area contributed by atoms with Gasteiger partial charge in [-0.05, 0) is 42.3 Å². The smallest absolute Gasteiger partial charge is 0.142 e. The van der Waals surface area contributed by atoms with Crippen molar-refractivity contribution in [1.29, 1.82) is 5.26 Å². The van der Waals surface area contributed by atoms with Gasteiger partial charge in [-0.15, -0.1) is 0 Å². The zero-order chi connectivity index (χ0) is 13.0. The molecule has 0 aliphatic carbocycles. The summed E-state index contributed by atoms with van der Waals surface area (Å²) in [7, 11) is 0. The molecular formula is C15H14N2O. The number of anilines is 1. The van der Waals surface area contributed by atoms with Crippen molar-refractivity contribution in [1.82, 2.24) is 0 Å². The van der Waals surface area contributed by atoms with E-state index in [1.54, 1.807) is 6.07 Å². The van der Waals surface area contributed by atoms with Crippen LogP contribution in [0.1, 0.15) is 16.7 Å². The molecule has 3 heteroatoms. The number of hydrogen-bond donors (Lipinski definition) is 1. The largest absolute Gasteiger partial charge is 0.487 e. The minimum Gasteiger partial charge on any atom is -0.487 e. The minimum atomic E-state index is 0.406. The predicted molar refractivity (Wildman–Crippen MR) is 71.1 cm³/mol. The van der Waals surface area contributed by atoms with Crippen LogP contribution in [0.3, 0.4) is 0 Å². The summed E-state index contributed by atoms with van der Waals surface area (Å²) < 4.78 is 5.67. The van der Waals surface area contributed by atoms with Gasteiger partial charge in [0.05, 0.1) is 17.3 Å². The van der Waals surface area contributed by atoms with Gasteiger partial charge in [0.25, 0.3) is 0 Å². The maximum Gasteiger partial charge on any atom is 0.142 e. The molecule has 0 atom stereocenters. The van der Waals surface area contributed by atoms with Crippen LogP contribution in [0.25, 0.3) is 0 Å². The van der Waals surface area contributed by atoms with Crippen LogP contribution in [0.4, 0.5) is 5.69 Å². The summed E-state index contributed by atoms with van der Waals surface area (Å²) in [6.07, 6.45) is 0. The number of rotatable bonds is 3. The molecule has 0 spiro atoms. The number of aryl methyl sites for hydroxylation is 1. The SMILES string of the molecule is Cc1ccc(N)c(OCc2cccc(C#N)c2)c1. The average Bonchev–Trinajstić information content (AvgIpc) is 2.40. The number of benzene rings is 2. The second-order valence-electron chi connectivity index (χ2n) is 4.14. The van der Waals surface area contributed by atoms with Crippen LogP contribution < -0.4 is 10.5 Å². The number of ether oxygens (including phenoxy) is 1. The summed E-state index contributed by atoms with van der Waals surface area (Å²) in [4.78, 5) is 0. The third-order valence-electron chi connectivity index (χ3n) is 2.62. The molecule has 0 heterocycles. The van der Waals surface area contributed by atoms with E-state index in [9.17, 15) is 0 Å². The molecule has 0 aromatic heterocycles. The Balaban J connectivity index is 2.11. The summed E-state index contributed by atoms with van der Waals surface area (Å²) in [5.74, 6) is 0.678. The van der Waals surface area contributed by atoms with Gasteiger partial charge in [-0.3, -0.25) is 0 Å². The molecule has 0 bridgehead atoms. The van der Waals surface area contributed by atoms with Crippen molar-refractivity contribution in [3.05, 3.63) is 59.2 Å². The van der Waals surface area contributed by atoms with Crippen LogP contribution in [0.2, 0.25) is 0 Å². The fourth-order valence-corrected chi connectivity index (χ4v) is 1.66. The Morgan fingerprint density at radius 2 is 2.06 bits per heavy atom. The van der Waals surface area contributed by atoms with Crippen molar-refractivity contribution >= 4 is 5.69 Å². The number of nitrogen functional groups attached to an aromatic ring is 1. The van der Waals surface area contributed by atoms with Crippen LogP contribution in [0.5, 0.6) is 5.75 Å². The van der Waals surface area contributed by atoms with Gasteiger partial charge >= 0.3 is 0 Å². The monoisotopic (exact) mass is 238 g/mol.